The Balaban J connectivity index is 1.93. The second-order valence-electron chi connectivity index (χ2n) is 8.13. The van der Waals surface area contributed by atoms with Crippen LogP contribution in [0.4, 0.5) is 0 Å². The Hall–Kier alpha value is -3.28. The van der Waals surface area contributed by atoms with Gasteiger partial charge in [-0.1, -0.05) is 5.92 Å². The third-order valence-corrected chi connectivity index (χ3v) is 4.86. The zero-order chi connectivity index (χ0) is 22.2. The number of hydrogen-bond acceptors (Lipinski definition) is 6. The highest BCUT2D eigenvalue weighted by atomic mass is 16.5. The number of pyridine rings is 1. The van der Waals surface area contributed by atoms with Crippen molar-refractivity contribution in [2.75, 3.05) is 13.7 Å². The van der Waals surface area contributed by atoms with Crippen molar-refractivity contribution in [3.8, 4) is 23.1 Å². The maximum atomic E-state index is 9.96. The molecular weight excluding hydrogens is 392 g/mol. The van der Waals surface area contributed by atoms with Crippen LogP contribution in [0.5, 0.6) is 0 Å². The minimum Gasteiger partial charge on any atom is -0.385 e. The van der Waals surface area contributed by atoms with E-state index in [0.717, 1.165) is 46.2 Å². The molecule has 0 atom stereocenters. The molecule has 4 aromatic rings. The number of aliphatic hydroxyl groups is 1. The summed E-state index contributed by atoms with van der Waals surface area (Å²) in [6.45, 7) is 6.65. The topological polar surface area (TPSA) is 90.9 Å². The lowest BCUT2D eigenvalue weighted by molar-refractivity contribution is 0.143. The molecule has 160 valence electrons. The molecule has 0 spiro atoms. The number of methoxy groups -OCH3 is 1. The zero-order valence-electron chi connectivity index (χ0n) is 18.5. The first-order chi connectivity index (χ1) is 14.7. The van der Waals surface area contributed by atoms with Crippen LogP contribution in [0.15, 0.2) is 24.7 Å². The minimum absolute atomic E-state index is 0.591. The van der Waals surface area contributed by atoms with Crippen LogP contribution < -0.4 is 0 Å². The van der Waals surface area contributed by atoms with Gasteiger partial charge in [0.25, 0.3) is 0 Å². The predicted octanol–water partition coefficient (Wildman–Crippen LogP) is 2.85. The number of nitrogens with zero attached hydrogens (tertiary/aromatic N) is 6. The fourth-order valence-corrected chi connectivity index (χ4v) is 3.55. The SMILES string of the molecule is COCCCn1cc(-c2nc(C)nc3cn(C)nc23)c2cc(C#CC(C)(C)O)ncc21. The van der Waals surface area contributed by atoms with E-state index in [2.05, 4.69) is 37.7 Å². The number of fused-ring (bicyclic) bond motifs is 2. The van der Waals surface area contributed by atoms with E-state index >= 15 is 0 Å². The van der Waals surface area contributed by atoms with Crippen LogP contribution in [0.1, 0.15) is 31.8 Å². The van der Waals surface area contributed by atoms with Gasteiger partial charge < -0.3 is 14.4 Å². The molecule has 8 nitrogen and oxygen atoms in total. The van der Waals surface area contributed by atoms with Crippen LogP contribution in [0.3, 0.4) is 0 Å². The molecule has 4 aromatic heterocycles. The number of ether oxygens (including phenoxy) is 1. The van der Waals surface area contributed by atoms with Gasteiger partial charge in [-0.25, -0.2) is 15.0 Å². The number of hydrogen-bond donors (Lipinski definition) is 1. The molecule has 0 unspecified atom stereocenters. The first-order valence-corrected chi connectivity index (χ1v) is 10.2. The summed E-state index contributed by atoms with van der Waals surface area (Å²) in [4.78, 5) is 13.8. The zero-order valence-corrected chi connectivity index (χ0v) is 18.5. The molecular formula is C23H26N6O2. The van der Waals surface area contributed by atoms with E-state index in [-0.39, 0.29) is 0 Å². The summed E-state index contributed by atoms with van der Waals surface area (Å²) in [7, 11) is 3.58. The molecule has 0 aliphatic rings. The molecule has 0 saturated heterocycles. The number of rotatable bonds is 5. The Labute approximate surface area is 180 Å². The first kappa shape index (κ1) is 21.0. The first-order valence-electron chi connectivity index (χ1n) is 10.2. The van der Waals surface area contributed by atoms with E-state index in [4.69, 9.17) is 9.72 Å². The second-order valence-corrected chi connectivity index (χ2v) is 8.13. The van der Waals surface area contributed by atoms with Crippen molar-refractivity contribution in [1.29, 1.82) is 0 Å². The van der Waals surface area contributed by atoms with E-state index in [9.17, 15) is 5.11 Å². The summed E-state index contributed by atoms with van der Waals surface area (Å²) in [5.41, 5.74) is 3.79. The molecule has 0 fully saturated rings. The molecule has 0 radical (unpaired) electrons. The van der Waals surface area contributed by atoms with Crippen molar-refractivity contribution in [2.45, 2.75) is 39.3 Å². The third-order valence-electron chi connectivity index (χ3n) is 4.86. The van der Waals surface area contributed by atoms with Gasteiger partial charge in [-0.2, -0.15) is 5.10 Å². The average molecular weight is 419 g/mol. The molecule has 31 heavy (non-hydrogen) atoms. The molecule has 0 aliphatic heterocycles. The van der Waals surface area contributed by atoms with Gasteiger partial charge in [0, 0.05) is 44.5 Å². The van der Waals surface area contributed by atoms with Crippen molar-refractivity contribution in [2.24, 2.45) is 7.05 Å². The lowest BCUT2D eigenvalue weighted by atomic mass is 10.1. The van der Waals surface area contributed by atoms with Crippen molar-refractivity contribution in [1.82, 2.24) is 29.3 Å². The molecule has 1 N–H and O–H groups in total. The van der Waals surface area contributed by atoms with Crippen LogP contribution in [0, 0.1) is 18.8 Å². The van der Waals surface area contributed by atoms with Crippen molar-refractivity contribution in [3.63, 3.8) is 0 Å². The van der Waals surface area contributed by atoms with E-state index in [1.54, 1.807) is 25.6 Å². The lowest BCUT2D eigenvalue weighted by Crippen LogP contribution is -2.14. The van der Waals surface area contributed by atoms with Gasteiger partial charge in [0.05, 0.1) is 17.9 Å². The molecule has 4 heterocycles. The Bertz CT molecular complexity index is 1320. The van der Waals surface area contributed by atoms with Crippen molar-refractivity contribution in [3.05, 3.63) is 36.2 Å². The Morgan fingerprint density at radius 2 is 2.03 bits per heavy atom. The molecule has 0 bridgehead atoms. The average Bonchev–Trinajstić information content (AvgIpc) is 3.25. The smallest absolute Gasteiger partial charge is 0.137 e. The summed E-state index contributed by atoms with van der Waals surface area (Å²) in [6, 6.07) is 1.95. The molecule has 0 aliphatic carbocycles. The van der Waals surface area contributed by atoms with Gasteiger partial charge in [0.1, 0.15) is 33.8 Å². The van der Waals surface area contributed by atoms with Gasteiger partial charge in [-0.3, -0.25) is 4.68 Å². The highest BCUT2D eigenvalue weighted by Crippen LogP contribution is 2.33. The highest BCUT2D eigenvalue weighted by Gasteiger charge is 2.18. The summed E-state index contributed by atoms with van der Waals surface area (Å²) < 4.78 is 9.14. The Morgan fingerprint density at radius 3 is 2.77 bits per heavy atom. The van der Waals surface area contributed by atoms with E-state index in [0.29, 0.717) is 18.1 Å². The largest absolute Gasteiger partial charge is 0.385 e. The predicted molar refractivity (Wildman–Crippen MR) is 119 cm³/mol. The van der Waals surface area contributed by atoms with E-state index in [1.165, 1.54) is 0 Å². The van der Waals surface area contributed by atoms with Crippen LogP contribution in [-0.2, 0) is 18.3 Å². The molecule has 8 heteroatoms. The number of aromatic nitrogens is 6. The quantitative estimate of drug-likeness (QED) is 0.396. The van der Waals surface area contributed by atoms with E-state index < -0.39 is 5.60 Å². The highest BCUT2D eigenvalue weighted by molar-refractivity contribution is 6.01. The van der Waals surface area contributed by atoms with Gasteiger partial charge >= 0.3 is 0 Å². The van der Waals surface area contributed by atoms with Gasteiger partial charge in [0.15, 0.2) is 0 Å². The molecule has 0 saturated carbocycles. The Morgan fingerprint density at radius 1 is 1.23 bits per heavy atom. The fraction of sp³-hybridized carbons (Fsp3) is 0.391. The fourth-order valence-electron chi connectivity index (χ4n) is 3.55. The van der Waals surface area contributed by atoms with E-state index in [1.807, 2.05) is 32.4 Å². The number of aryl methyl sites for hydroxylation is 3. The maximum absolute atomic E-state index is 9.96. The van der Waals surface area contributed by atoms with Gasteiger partial charge in [-0.15, -0.1) is 0 Å². The Kier molecular flexibility index (Phi) is 5.48. The summed E-state index contributed by atoms with van der Waals surface area (Å²) in [6.07, 6.45) is 6.68. The van der Waals surface area contributed by atoms with Crippen LogP contribution in [-0.4, -0.2) is 53.7 Å². The van der Waals surface area contributed by atoms with Gasteiger partial charge in [0.2, 0.25) is 0 Å². The standard InChI is InChI=1S/C23H26N6O2/c1-15-25-19-14-28(4)27-22(19)21(26-15)18-13-29(9-6-10-31-5)20-12-24-16(11-17(18)20)7-8-23(2,3)30/h11-14,30H,6,9-10H2,1-5H3. The second kappa shape index (κ2) is 8.10. The van der Waals surface area contributed by atoms with Crippen LogP contribution in [0.25, 0.3) is 33.2 Å². The van der Waals surface area contributed by atoms with Crippen molar-refractivity contribution >= 4 is 21.9 Å². The summed E-state index contributed by atoms with van der Waals surface area (Å²) >= 11 is 0. The van der Waals surface area contributed by atoms with Crippen LogP contribution >= 0.6 is 0 Å². The van der Waals surface area contributed by atoms with Crippen LogP contribution in [0.2, 0.25) is 0 Å². The van der Waals surface area contributed by atoms with Crippen molar-refractivity contribution < 1.29 is 9.84 Å². The monoisotopic (exact) mass is 418 g/mol. The summed E-state index contributed by atoms with van der Waals surface area (Å²) in [5, 5.41) is 15.5. The van der Waals surface area contributed by atoms with Gasteiger partial charge in [-0.05, 0) is 39.2 Å². The minimum atomic E-state index is -1.09. The molecule has 4 rings (SSSR count). The molecule has 0 amide bonds. The normalized spacial score (nSPS) is 11.8. The summed E-state index contributed by atoms with van der Waals surface area (Å²) in [5.74, 6) is 6.49. The molecule has 0 aromatic carbocycles. The third kappa shape index (κ3) is 4.43. The maximum Gasteiger partial charge on any atom is 0.137 e. The lowest BCUT2D eigenvalue weighted by Gasteiger charge is -2.06.